The molecule has 1 aromatic heterocycles. The molecule has 0 radical (unpaired) electrons. The molecule has 0 spiro atoms. The number of hydrogen-bond donors (Lipinski definition) is 2. The van der Waals surface area contributed by atoms with E-state index in [1.54, 1.807) is 42.7 Å². The summed E-state index contributed by atoms with van der Waals surface area (Å²) in [6, 6.07) is 10.7. The molecule has 0 saturated heterocycles. The molecular weight excluding hydrogens is 336 g/mol. The van der Waals surface area contributed by atoms with Crippen LogP contribution in [0.25, 0.3) is 0 Å². The first kappa shape index (κ1) is 17.5. The van der Waals surface area contributed by atoms with E-state index in [4.69, 9.17) is 16.3 Å². The van der Waals surface area contributed by atoms with Crippen LogP contribution in [0.2, 0.25) is 5.02 Å². The summed E-state index contributed by atoms with van der Waals surface area (Å²) in [6.45, 7) is 2.21. The van der Waals surface area contributed by atoms with Crippen molar-refractivity contribution in [1.82, 2.24) is 5.32 Å². The zero-order valence-corrected chi connectivity index (χ0v) is 14.3. The first-order valence-corrected chi connectivity index (χ1v) is 8.13. The van der Waals surface area contributed by atoms with E-state index in [-0.39, 0.29) is 12.6 Å². The highest BCUT2D eigenvalue weighted by Gasteiger charge is 2.18. The second-order valence-electron chi connectivity index (χ2n) is 4.82. The monoisotopic (exact) mass is 352 g/mol. The third-order valence-electron chi connectivity index (χ3n) is 3.14. The molecule has 2 amide bonds. The Morgan fingerprint density at radius 1 is 1.22 bits per heavy atom. The standard InChI is InChI=1S/C16H17ClN2O3S/c1-10-7-8-14(23-10)13(22-2)9-18-15(20)16(21)19-12-6-4-3-5-11(12)17/h3-8,13H,9H2,1-2H3,(H,18,20)(H,19,21)/t13-/m1/s1. The minimum atomic E-state index is -0.768. The number of rotatable bonds is 5. The van der Waals surface area contributed by atoms with Crippen LogP contribution < -0.4 is 10.6 Å². The first-order valence-electron chi connectivity index (χ1n) is 6.94. The molecule has 1 aromatic carbocycles. The van der Waals surface area contributed by atoms with Gasteiger partial charge >= 0.3 is 11.8 Å². The van der Waals surface area contributed by atoms with Crippen LogP contribution >= 0.6 is 22.9 Å². The Kier molecular flexibility index (Phi) is 6.15. The fourth-order valence-electron chi connectivity index (χ4n) is 1.93. The summed E-state index contributed by atoms with van der Waals surface area (Å²) in [7, 11) is 1.57. The molecule has 0 aliphatic carbocycles. The number of amides is 2. The summed E-state index contributed by atoms with van der Waals surface area (Å²) in [5.74, 6) is -1.50. The zero-order chi connectivity index (χ0) is 16.8. The highest BCUT2D eigenvalue weighted by atomic mass is 35.5. The highest BCUT2D eigenvalue weighted by molar-refractivity contribution is 7.12. The maximum absolute atomic E-state index is 11.9. The Hall–Kier alpha value is -1.89. The topological polar surface area (TPSA) is 67.4 Å². The van der Waals surface area contributed by atoms with Crippen LogP contribution in [0.4, 0.5) is 5.69 Å². The Balaban J connectivity index is 1.91. The van der Waals surface area contributed by atoms with E-state index in [1.165, 1.54) is 0 Å². The molecule has 2 aromatic rings. The minimum Gasteiger partial charge on any atom is -0.374 e. The number of carbonyl (C=O) groups is 2. The third-order valence-corrected chi connectivity index (χ3v) is 4.56. The molecule has 0 aliphatic rings. The van der Waals surface area contributed by atoms with Crippen LogP contribution in [0.3, 0.4) is 0 Å². The molecular formula is C16H17ClN2O3S. The van der Waals surface area contributed by atoms with Gasteiger partial charge in [-0.15, -0.1) is 11.3 Å². The average molecular weight is 353 g/mol. The number of carbonyl (C=O) groups excluding carboxylic acids is 2. The highest BCUT2D eigenvalue weighted by Crippen LogP contribution is 2.24. The number of para-hydroxylation sites is 1. The Morgan fingerprint density at radius 2 is 1.96 bits per heavy atom. The van der Waals surface area contributed by atoms with Crippen molar-refractivity contribution in [2.75, 3.05) is 19.0 Å². The third kappa shape index (κ3) is 4.79. The summed E-state index contributed by atoms with van der Waals surface area (Å²) in [5, 5.41) is 5.42. The first-order chi connectivity index (χ1) is 11.0. The minimum absolute atomic E-state index is 0.214. The van der Waals surface area contributed by atoms with Crippen molar-refractivity contribution in [3.63, 3.8) is 0 Å². The zero-order valence-electron chi connectivity index (χ0n) is 12.8. The molecule has 5 nitrogen and oxygen atoms in total. The largest absolute Gasteiger partial charge is 0.374 e. The van der Waals surface area contributed by atoms with E-state index < -0.39 is 11.8 Å². The number of aryl methyl sites for hydroxylation is 1. The number of thiophene rings is 1. The van der Waals surface area contributed by atoms with Crippen LogP contribution in [0.15, 0.2) is 36.4 Å². The van der Waals surface area contributed by atoms with Gasteiger partial charge in [0, 0.05) is 23.4 Å². The second-order valence-corrected chi connectivity index (χ2v) is 6.54. The van der Waals surface area contributed by atoms with Gasteiger partial charge in [0.25, 0.3) is 0 Å². The SMILES string of the molecule is CO[C@H](CNC(=O)C(=O)Nc1ccccc1Cl)c1ccc(C)s1. The Bertz CT molecular complexity index is 702. The van der Waals surface area contributed by atoms with Gasteiger partial charge in [0.15, 0.2) is 0 Å². The van der Waals surface area contributed by atoms with Crippen molar-refractivity contribution in [1.29, 1.82) is 0 Å². The van der Waals surface area contributed by atoms with Crippen molar-refractivity contribution in [2.24, 2.45) is 0 Å². The van der Waals surface area contributed by atoms with E-state index in [9.17, 15) is 9.59 Å². The number of nitrogens with one attached hydrogen (secondary N) is 2. The molecule has 0 unspecified atom stereocenters. The van der Waals surface area contributed by atoms with Crippen molar-refractivity contribution in [3.05, 3.63) is 51.2 Å². The van der Waals surface area contributed by atoms with Gasteiger partial charge in [0.2, 0.25) is 0 Å². The van der Waals surface area contributed by atoms with Crippen molar-refractivity contribution in [2.45, 2.75) is 13.0 Å². The van der Waals surface area contributed by atoms with E-state index in [0.717, 1.165) is 9.75 Å². The van der Waals surface area contributed by atoms with Crippen molar-refractivity contribution >= 4 is 40.4 Å². The molecule has 23 heavy (non-hydrogen) atoms. The van der Waals surface area contributed by atoms with Crippen molar-refractivity contribution < 1.29 is 14.3 Å². The molecule has 122 valence electrons. The molecule has 2 N–H and O–H groups in total. The molecule has 7 heteroatoms. The van der Waals surface area contributed by atoms with E-state index >= 15 is 0 Å². The lowest BCUT2D eigenvalue weighted by Crippen LogP contribution is -2.37. The van der Waals surface area contributed by atoms with Crippen LogP contribution in [0, 0.1) is 6.92 Å². The van der Waals surface area contributed by atoms with Gasteiger partial charge in [-0.3, -0.25) is 9.59 Å². The van der Waals surface area contributed by atoms with Crippen LogP contribution in [0.5, 0.6) is 0 Å². The van der Waals surface area contributed by atoms with Crippen LogP contribution in [0.1, 0.15) is 15.9 Å². The quantitative estimate of drug-likeness (QED) is 0.812. The maximum Gasteiger partial charge on any atom is 0.313 e. The Labute approximate surface area is 143 Å². The molecule has 0 aliphatic heterocycles. The smallest absolute Gasteiger partial charge is 0.313 e. The van der Waals surface area contributed by atoms with Gasteiger partial charge in [-0.1, -0.05) is 23.7 Å². The maximum atomic E-state index is 11.9. The fraction of sp³-hybridized carbons (Fsp3) is 0.250. The van der Waals surface area contributed by atoms with E-state index in [2.05, 4.69) is 10.6 Å². The Morgan fingerprint density at radius 3 is 2.57 bits per heavy atom. The van der Waals surface area contributed by atoms with E-state index in [0.29, 0.717) is 10.7 Å². The molecule has 0 saturated carbocycles. The van der Waals surface area contributed by atoms with Gasteiger partial charge in [0.1, 0.15) is 6.10 Å². The summed E-state index contributed by atoms with van der Waals surface area (Å²) in [6.07, 6.45) is -0.286. The lowest BCUT2D eigenvalue weighted by molar-refractivity contribution is -0.136. The molecule has 0 fully saturated rings. The molecule has 1 heterocycles. The summed E-state index contributed by atoms with van der Waals surface area (Å²) in [5.41, 5.74) is 0.395. The lowest BCUT2D eigenvalue weighted by Gasteiger charge is -2.14. The van der Waals surface area contributed by atoms with Gasteiger partial charge in [-0.25, -0.2) is 0 Å². The predicted octanol–water partition coefficient (Wildman–Crippen LogP) is 3.15. The summed E-state index contributed by atoms with van der Waals surface area (Å²) < 4.78 is 5.36. The van der Waals surface area contributed by atoms with E-state index in [1.807, 2.05) is 19.1 Å². The van der Waals surface area contributed by atoms with Gasteiger partial charge in [-0.05, 0) is 31.2 Å². The number of methoxy groups -OCH3 is 1. The number of halogens is 1. The van der Waals surface area contributed by atoms with Crippen molar-refractivity contribution in [3.8, 4) is 0 Å². The normalized spacial score (nSPS) is 11.8. The van der Waals surface area contributed by atoms with Gasteiger partial charge < -0.3 is 15.4 Å². The predicted molar refractivity (Wildman–Crippen MR) is 91.9 cm³/mol. The molecule has 1 atom stereocenters. The number of hydrogen-bond acceptors (Lipinski definition) is 4. The molecule has 0 bridgehead atoms. The summed E-state index contributed by atoms with van der Waals surface area (Å²) in [4.78, 5) is 25.9. The van der Waals surface area contributed by atoms with Gasteiger partial charge in [-0.2, -0.15) is 0 Å². The number of ether oxygens (including phenoxy) is 1. The lowest BCUT2D eigenvalue weighted by atomic mass is 10.2. The molecule has 2 rings (SSSR count). The number of anilines is 1. The van der Waals surface area contributed by atoms with Crippen LogP contribution in [-0.2, 0) is 14.3 Å². The van der Waals surface area contributed by atoms with Gasteiger partial charge in [0.05, 0.1) is 10.7 Å². The average Bonchev–Trinajstić information content (AvgIpc) is 2.96. The summed E-state index contributed by atoms with van der Waals surface area (Å²) >= 11 is 7.53. The number of benzene rings is 1. The van der Waals surface area contributed by atoms with Crippen LogP contribution in [-0.4, -0.2) is 25.5 Å². The fourth-order valence-corrected chi connectivity index (χ4v) is 3.07. The second kappa shape index (κ2) is 8.10.